The number of carbonyl (C=O) groups is 2. The molecule has 0 bridgehead atoms. The van der Waals surface area contributed by atoms with Crippen molar-refractivity contribution < 1.29 is 14.5 Å². The van der Waals surface area contributed by atoms with Crippen LogP contribution in [0.15, 0.2) is 18.2 Å². The van der Waals surface area contributed by atoms with Gasteiger partial charge >= 0.3 is 0 Å². The maximum Gasteiger partial charge on any atom is 0.275 e. The first-order chi connectivity index (χ1) is 11.6. The van der Waals surface area contributed by atoms with E-state index in [1.165, 1.54) is 0 Å². The number of benzene rings is 1. The summed E-state index contributed by atoms with van der Waals surface area (Å²) < 4.78 is 0. The monoisotopic (exact) mass is 388 g/mol. The van der Waals surface area contributed by atoms with E-state index in [1.54, 1.807) is 12.1 Å². The molecule has 1 aromatic rings. The molecule has 0 heterocycles. The van der Waals surface area contributed by atoms with Crippen molar-refractivity contribution in [3.8, 4) is 0 Å². The zero-order valence-electron chi connectivity index (χ0n) is 15.3. The molecule has 0 radical (unpaired) electrons. The molecular formula is C18H28Cl2N3O2+. The van der Waals surface area contributed by atoms with Crippen LogP contribution in [0.1, 0.15) is 33.3 Å². The number of hydrogen-bond acceptors (Lipinski definition) is 2. The van der Waals surface area contributed by atoms with Gasteiger partial charge in [-0.25, -0.2) is 0 Å². The Hall–Kier alpha value is -1.30. The van der Waals surface area contributed by atoms with Crippen LogP contribution in [0.4, 0.5) is 0 Å². The molecule has 0 spiro atoms. The van der Waals surface area contributed by atoms with E-state index in [9.17, 15) is 9.59 Å². The van der Waals surface area contributed by atoms with Crippen molar-refractivity contribution in [3.63, 3.8) is 0 Å². The van der Waals surface area contributed by atoms with E-state index in [1.807, 2.05) is 33.8 Å². The molecule has 0 saturated heterocycles. The fraction of sp³-hybridized carbons (Fsp3) is 0.556. The summed E-state index contributed by atoms with van der Waals surface area (Å²) in [7, 11) is 0. The Morgan fingerprint density at radius 2 is 1.76 bits per heavy atom. The van der Waals surface area contributed by atoms with E-state index in [0.29, 0.717) is 29.6 Å². The van der Waals surface area contributed by atoms with Crippen LogP contribution in [-0.2, 0) is 16.0 Å². The van der Waals surface area contributed by atoms with Crippen LogP contribution in [0.3, 0.4) is 0 Å². The van der Waals surface area contributed by atoms with Gasteiger partial charge in [-0.1, -0.05) is 29.3 Å². The second kappa shape index (κ2) is 10.00. The van der Waals surface area contributed by atoms with Crippen molar-refractivity contribution in [2.45, 2.75) is 39.7 Å². The van der Waals surface area contributed by atoms with E-state index in [4.69, 9.17) is 23.2 Å². The molecule has 0 aromatic heterocycles. The van der Waals surface area contributed by atoms with Gasteiger partial charge in [-0.15, -0.1) is 0 Å². The van der Waals surface area contributed by atoms with Gasteiger partial charge in [0.15, 0.2) is 13.1 Å². The molecule has 1 rings (SSSR count). The molecule has 7 heteroatoms. The van der Waals surface area contributed by atoms with Crippen molar-refractivity contribution in [1.29, 1.82) is 0 Å². The van der Waals surface area contributed by atoms with Gasteiger partial charge in [-0.05, 0) is 51.8 Å². The molecule has 0 saturated carbocycles. The zero-order valence-corrected chi connectivity index (χ0v) is 16.9. The van der Waals surface area contributed by atoms with Gasteiger partial charge in [-0.3, -0.25) is 9.59 Å². The van der Waals surface area contributed by atoms with Gasteiger partial charge in [0.1, 0.15) is 0 Å². The number of likely N-dealkylation sites (N-methyl/N-ethyl adjacent to an activating group) is 1. The fourth-order valence-electron chi connectivity index (χ4n) is 2.35. The maximum absolute atomic E-state index is 12.1. The highest BCUT2D eigenvalue weighted by Gasteiger charge is 2.20. The first-order valence-corrected chi connectivity index (χ1v) is 9.21. The molecule has 5 nitrogen and oxygen atoms in total. The normalized spacial score (nSPS) is 12.6. The quantitative estimate of drug-likeness (QED) is 0.631. The molecule has 3 N–H and O–H groups in total. The average Bonchev–Trinajstić information content (AvgIpc) is 2.46. The lowest BCUT2D eigenvalue weighted by atomic mass is 10.1. The van der Waals surface area contributed by atoms with Crippen LogP contribution < -0.4 is 15.5 Å². The summed E-state index contributed by atoms with van der Waals surface area (Å²) in [6, 6.07) is 5.33. The predicted molar refractivity (Wildman–Crippen MR) is 102 cm³/mol. The number of carbonyl (C=O) groups excluding carboxylic acids is 2. The molecule has 0 fully saturated rings. The largest absolute Gasteiger partial charge is 0.351 e. The van der Waals surface area contributed by atoms with Gasteiger partial charge in [0, 0.05) is 22.1 Å². The average molecular weight is 389 g/mol. The van der Waals surface area contributed by atoms with Crippen LogP contribution in [0.5, 0.6) is 0 Å². The van der Waals surface area contributed by atoms with Crippen molar-refractivity contribution in [3.05, 3.63) is 33.8 Å². The van der Waals surface area contributed by atoms with Crippen LogP contribution in [-0.4, -0.2) is 43.5 Å². The molecule has 140 valence electrons. The minimum absolute atomic E-state index is 0.0508. The summed E-state index contributed by atoms with van der Waals surface area (Å²) in [6.07, 6.45) is 0.633. The highest BCUT2D eigenvalue weighted by atomic mass is 35.5. The molecule has 1 unspecified atom stereocenters. The fourth-order valence-corrected chi connectivity index (χ4v) is 2.86. The van der Waals surface area contributed by atoms with E-state index in [-0.39, 0.29) is 30.4 Å². The van der Waals surface area contributed by atoms with Crippen molar-refractivity contribution in [2.75, 3.05) is 26.2 Å². The molecule has 2 amide bonds. The Balaban J connectivity index is 2.39. The van der Waals surface area contributed by atoms with Gasteiger partial charge in [0.2, 0.25) is 0 Å². The number of quaternary nitrogens is 1. The van der Waals surface area contributed by atoms with E-state index in [2.05, 4.69) is 10.6 Å². The Morgan fingerprint density at radius 3 is 2.32 bits per heavy atom. The molecule has 1 aromatic carbocycles. The summed E-state index contributed by atoms with van der Waals surface area (Å²) in [5.74, 6) is -0.129. The molecule has 1 atom stereocenters. The number of halogens is 2. The van der Waals surface area contributed by atoms with Crippen LogP contribution >= 0.6 is 23.2 Å². The molecular weight excluding hydrogens is 361 g/mol. The van der Waals surface area contributed by atoms with Gasteiger partial charge in [0.05, 0.1) is 6.54 Å². The minimum atomic E-state index is -0.268. The minimum Gasteiger partial charge on any atom is -0.351 e. The number of nitrogens with one attached hydrogen (secondary N) is 3. The summed E-state index contributed by atoms with van der Waals surface area (Å²) in [5, 5.41) is 6.98. The lowest BCUT2D eigenvalue weighted by Crippen LogP contribution is -3.14. The van der Waals surface area contributed by atoms with E-state index < -0.39 is 0 Å². The lowest BCUT2D eigenvalue weighted by molar-refractivity contribution is -0.881. The second-order valence-corrected chi connectivity index (χ2v) is 7.93. The van der Waals surface area contributed by atoms with Gasteiger partial charge in [0.25, 0.3) is 11.8 Å². The third-order valence-corrected chi connectivity index (χ3v) is 4.15. The van der Waals surface area contributed by atoms with Gasteiger partial charge in [-0.2, -0.15) is 0 Å². The Morgan fingerprint density at radius 1 is 1.12 bits per heavy atom. The molecule has 25 heavy (non-hydrogen) atoms. The van der Waals surface area contributed by atoms with Crippen molar-refractivity contribution in [2.24, 2.45) is 0 Å². The van der Waals surface area contributed by atoms with Crippen LogP contribution in [0.2, 0.25) is 10.0 Å². The van der Waals surface area contributed by atoms with Crippen LogP contribution in [0.25, 0.3) is 0 Å². The van der Waals surface area contributed by atoms with Crippen molar-refractivity contribution >= 4 is 35.0 Å². The third kappa shape index (κ3) is 9.10. The van der Waals surface area contributed by atoms with Crippen LogP contribution in [0, 0.1) is 0 Å². The third-order valence-electron chi connectivity index (χ3n) is 3.57. The maximum atomic E-state index is 12.1. The summed E-state index contributed by atoms with van der Waals surface area (Å²) in [4.78, 5) is 25.0. The summed E-state index contributed by atoms with van der Waals surface area (Å²) in [6.45, 7) is 9.51. The standard InChI is InChI=1S/C18H27Cl2N3O2/c1-5-23(12-17(25)22-18(2,3)4)11-16(24)21-9-8-13-6-7-14(19)10-15(13)20/h6-7,10H,5,8-9,11-12H2,1-4H3,(H,21,24)(H,22,25)/p+1. The summed E-state index contributed by atoms with van der Waals surface area (Å²) >= 11 is 12.0. The number of amides is 2. The second-order valence-electron chi connectivity index (χ2n) is 7.09. The van der Waals surface area contributed by atoms with E-state index in [0.717, 1.165) is 10.5 Å². The Kier molecular flexibility index (Phi) is 8.69. The Labute approximate surface area is 160 Å². The zero-order chi connectivity index (χ0) is 19.0. The topological polar surface area (TPSA) is 62.6 Å². The Bertz CT molecular complexity index is 600. The first-order valence-electron chi connectivity index (χ1n) is 8.46. The SMILES string of the molecule is CC[NH+](CC(=O)NCCc1ccc(Cl)cc1Cl)CC(=O)NC(C)(C)C. The highest BCUT2D eigenvalue weighted by Crippen LogP contribution is 2.20. The smallest absolute Gasteiger partial charge is 0.275 e. The summed E-state index contributed by atoms with van der Waals surface area (Å²) in [5.41, 5.74) is 0.673. The van der Waals surface area contributed by atoms with Gasteiger partial charge < -0.3 is 15.5 Å². The number of rotatable bonds is 8. The van der Waals surface area contributed by atoms with E-state index >= 15 is 0 Å². The highest BCUT2D eigenvalue weighted by molar-refractivity contribution is 6.35. The molecule has 0 aliphatic heterocycles. The number of hydrogen-bond donors (Lipinski definition) is 3. The predicted octanol–water partition coefficient (Wildman–Crippen LogP) is 1.47. The first kappa shape index (κ1) is 21.7. The van der Waals surface area contributed by atoms with Crippen molar-refractivity contribution in [1.82, 2.24) is 10.6 Å². The molecule has 0 aliphatic carbocycles. The molecule has 0 aliphatic rings. The lowest BCUT2D eigenvalue weighted by Gasteiger charge is -2.23.